The minimum Gasteiger partial charge on any atom is -0.389 e. The van der Waals surface area contributed by atoms with Crippen molar-refractivity contribution in [1.82, 2.24) is 20.3 Å². The maximum atomic E-state index is 9.41. The number of hydrogen-bond acceptors (Lipinski definition) is 5. The quantitative estimate of drug-likeness (QED) is 0.616. The van der Waals surface area contributed by atoms with Crippen molar-refractivity contribution in [3.8, 4) is 0 Å². The van der Waals surface area contributed by atoms with Crippen LogP contribution in [0.25, 0.3) is 0 Å². The van der Waals surface area contributed by atoms with E-state index in [1.165, 1.54) is 0 Å². The smallest absolute Gasteiger partial charge is 0.0969 e. The average molecular weight is 200 g/mol. The second-order valence-electron chi connectivity index (χ2n) is 3.07. The van der Waals surface area contributed by atoms with E-state index < -0.39 is 6.10 Å². The van der Waals surface area contributed by atoms with Crippen LogP contribution in [-0.2, 0) is 17.8 Å². The van der Waals surface area contributed by atoms with Crippen molar-refractivity contribution in [1.29, 1.82) is 0 Å². The zero-order valence-electron chi connectivity index (χ0n) is 8.47. The Labute approximate surface area is 82.9 Å². The molecule has 6 heteroatoms. The van der Waals surface area contributed by atoms with Gasteiger partial charge in [0, 0.05) is 19.9 Å². The van der Waals surface area contributed by atoms with E-state index in [1.54, 1.807) is 18.0 Å². The van der Waals surface area contributed by atoms with Crippen LogP contribution in [0.4, 0.5) is 0 Å². The van der Waals surface area contributed by atoms with Gasteiger partial charge in [-0.25, -0.2) is 4.68 Å². The van der Waals surface area contributed by atoms with Crippen molar-refractivity contribution in [3.05, 3.63) is 11.9 Å². The fourth-order valence-electron chi connectivity index (χ4n) is 1.15. The summed E-state index contributed by atoms with van der Waals surface area (Å²) in [5.41, 5.74) is 0.858. The van der Waals surface area contributed by atoms with Gasteiger partial charge in [0.1, 0.15) is 0 Å². The minimum absolute atomic E-state index is 0.307. The SMILES string of the molecule is CNCc1cn(CC(O)COC)nn1. The number of aliphatic hydroxyl groups is 1. The summed E-state index contributed by atoms with van der Waals surface area (Å²) < 4.78 is 6.41. The molecule has 1 heterocycles. The third-order valence-corrected chi connectivity index (χ3v) is 1.70. The Balaban J connectivity index is 2.42. The van der Waals surface area contributed by atoms with Crippen molar-refractivity contribution in [2.24, 2.45) is 0 Å². The number of aromatic nitrogens is 3. The number of nitrogens with zero attached hydrogens (tertiary/aromatic N) is 3. The first-order valence-electron chi connectivity index (χ1n) is 4.47. The van der Waals surface area contributed by atoms with Gasteiger partial charge in [0.05, 0.1) is 24.9 Å². The maximum Gasteiger partial charge on any atom is 0.0969 e. The lowest BCUT2D eigenvalue weighted by atomic mass is 10.4. The fourth-order valence-corrected chi connectivity index (χ4v) is 1.15. The second-order valence-corrected chi connectivity index (χ2v) is 3.07. The standard InChI is InChI=1S/C8H16N4O2/c1-9-3-7-4-12(11-10-7)5-8(13)6-14-2/h4,8-9,13H,3,5-6H2,1-2H3. The molecule has 1 aromatic rings. The molecule has 0 fully saturated rings. The lowest BCUT2D eigenvalue weighted by molar-refractivity contribution is 0.0510. The predicted octanol–water partition coefficient (Wildman–Crippen LogP) is -0.995. The Morgan fingerprint density at radius 1 is 1.71 bits per heavy atom. The van der Waals surface area contributed by atoms with Crippen molar-refractivity contribution < 1.29 is 9.84 Å². The van der Waals surface area contributed by atoms with Crippen LogP contribution in [0.15, 0.2) is 6.20 Å². The first kappa shape index (κ1) is 11.1. The van der Waals surface area contributed by atoms with Crippen LogP contribution in [0.5, 0.6) is 0 Å². The van der Waals surface area contributed by atoms with Crippen LogP contribution < -0.4 is 5.32 Å². The van der Waals surface area contributed by atoms with Gasteiger partial charge in [-0.2, -0.15) is 0 Å². The molecule has 0 saturated heterocycles. The van der Waals surface area contributed by atoms with Crippen molar-refractivity contribution in [2.75, 3.05) is 20.8 Å². The first-order chi connectivity index (χ1) is 6.76. The van der Waals surface area contributed by atoms with Gasteiger partial charge < -0.3 is 15.2 Å². The van der Waals surface area contributed by atoms with Gasteiger partial charge in [0.25, 0.3) is 0 Å². The van der Waals surface area contributed by atoms with Crippen LogP contribution in [0.2, 0.25) is 0 Å². The molecule has 2 N–H and O–H groups in total. The lowest BCUT2D eigenvalue weighted by Crippen LogP contribution is -2.21. The Morgan fingerprint density at radius 3 is 3.14 bits per heavy atom. The van der Waals surface area contributed by atoms with Crippen LogP contribution in [0, 0.1) is 0 Å². The summed E-state index contributed by atoms with van der Waals surface area (Å²) in [4.78, 5) is 0. The zero-order chi connectivity index (χ0) is 10.4. The van der Waals surface area contributed by atoms with E-state index in [0.29, 0.717) is 19.7 Å². The molecule has 1 aromatic heterocycles. The molecule has 0 amide bonds. The van der Waals surface area contributed by atoms with Gasteiger partial charge >= 0.3 is 0 Å². The van der Waals surface area contributed by atoms with Crippen LogP contribution in [0.1, 0.15) is 5.69 Å². The minimum atomic E-state index is -0.538. The number of aliphatic hydroxyl groups excluding tert-OH is 1. The van der Waals surface area contributed by atoms with Crippen molar-refractivity contribution in [2.45, 2.75) is 19.2 Å². The van der Waals surface area contributed by atoms with Gasteiger partial charge in [-0.15, -0.1) is 5.10 Å². The summed E-state index contributed by atoms with van der Waals surface area (Å²) >= 11 is 0. The van der Waals surface area contributed by atoms with E-state index in [4.69, 9.17) is 4.74 Å². The molecule has 0 aliphatic rings. The molecule has 0 radical (unpaired) electrons. The molecule has 0 bridgehead atoms. The van der Waals surface area contributed by atoms with Gasteiger partial charge in [0.15, 0.2) is 0 Å². The Bertz CT molecular complexity index is 264. The summed E-state index contributed by atoms with van der Waals surface area (Å²) in [6.45, 7) is 1.39. The van der Waals surface area contributed by atoms with Gasteiger partial charge in [-0.1, -0.05) is 5.21 Å². The molecule has 1 rings (SSSR count). The van der Waals surface area contributed by atoms with Gasteiger partial charge in [-0.05, 0) is 7.05 Å². The third kappa shape index (κ3) is 3.41. The largest absolute Gasteiger partial charge is 0.389 e. The molecule has 0 spiro atoms. The topological polar surface area (TPSA) is 72.2 Å². The highest BCUT2D eigenvalue weighted by atomic mass is 16.5. The van der Waals surface area contributed by atoms with Crippen LogP contribution >= 0.6 is 0 Å². The van der Waals surface area contributed by atoms with E-state index in [0.717, 1.165) is 5.69 Å². The fraction of sp³-hybridized carbons (Fsp3) is 0.750. The number of rotatable bonds is 6. The molecule has 0 saturated carbocycles. The summed E-state index contributed by atoms with van der Waals surface area (Å²) in [6.07, 6.45) is 1.26. The monoisotopic (exact) mass is 200 g/mol. The number of hydrogen-bond donors (Lipinski definition) is 2. The molecule has 0 aliphatic heterocycles. The normalized spacial score (nSPS) is 13.1. The van der Waals surface area contributed by atoms with Gasteiger partial charge in [-0.3, -0.25) is 0 Å². The molecule has 0 aliphatic carbocycles. The first-order valence-corrected chi connectivity index (χ1v) is 4.47. The summed E-state index contributed by atoms with van der Waals surface area (Å²) in [5, 5.41) is 20.2. The highest BCUT2D eigenvalue weighted by Crippen LogP contribution is 1.95. The summed E-state index contributed by atoms with van der Waals surface area (Å²) in [5.74, 6) is 0. The van der Waals surface area contributed by atoms with Crippen LogP contribution in [-0.4, -0.2) is 47.0 Å². The number of methoxy groups -OCH3 is 1. The van der Waals surface area contributed by atoms with E-state index in [1.807, 2.05) is 7.05 Å². The molecular weight excluding hydrogens is 184 g/mol. The lowest BCUT2D eigenvalue weighted by Gasteiger charge is -2.07. The molecular formula is C8H16N4O2. The maximum absolute atomic E-state index is 9.41. The predicted molar refractivity (Wildman–Crippen MR) is 50.7 cm³/mol. The number of nitrogens with one attached hydrogen (secondary N) is 1. The molecule has 6 nitrogen and oxygen atoms in total. The molecule has 0 aromatic carbocycles. The highest BCUT2D eigenvalue weighted by Gasteiger charge is 2.06. The Kier molecular flexibility index (Phi) is 4.51. The van der Waals surface area contributed by atoms with E-state index >= 15 is 0 Å². The zero-order valence-corrected chi connectivity index (χ0v) is 8.47. The van der Waals surface area contributed by atoms with Crippen molar-refractivity contribution >= 4 is 0 Å². The van der Waals surface area contributed by atoms with E-state index in [9.17, 15) is 5.11 Å². The van der Waals surface area contributed by atoms with E-state index in [-0.39, 0.29) is 0 Å². The third-order valence-electron chi connectivity index (χ3n) is 1.70. The number of ether oxygens (including phenoxy) is 1. The molecule has 1 atom stereocenters. The molecule has 80 valence electrons. The summed E-state index contributed by atoms with van der Waals surface area (Å²) in [7, 11) is 3.40. The molecule has 1 unspecified atom stereocenters. The average Bonchev–Trinajstić information content (AvgIpc) is 2.53. The van der Waals surface area contributed by atoms with Crippen LogP contribution in [0.3, 0.4) is 0 Å². The Hall–Kier alpha value is -0.980. The summed E-state index contributed by atoms with van der Waals surface area (Å²) in [6, 6.07) is 0. The van der Waals surface area contributed by atoms with Gasteiger partial charge in [0.2, 0.25) is 0 Å². The van der Waals surface area contributed by atoms with E-state index in [2.05, 4.69) is 15.6 Å². The Morgan fingerprint density at radius 2 is 2.50 bits per heavy atom. The van der Waals surface area contributed by atoms with Crippen molar-refractivity contribution in [3.63, 3.8) is 0 Å². The second kappa shape index (κ2) is 5.69. The molecule has 14 heavy (non-hydrogen) atoms. The highest BCUT2D eigenvalue weighted by molar-refractivity contribution is 4.91.